The zero-order chi connectivity index (χ0) is 24.1. The predicted molar refractivity (Wildman–Crippen MR) is 134 cm³/mol. The second-order valence-corrected chi connectivity index (χ2v) is 9.68. The number of pyridine rings is 1. The molecule has 1 atom stereocenters. The van der Waals surface area contributed by atoms with Crippen molar-refractivity contribution in [3.63, 3.8) is 0 Å². The van der Waals surface area contributed by atoms with Gasteiger partial charge in [0.15, 0.2) is 5.75 Å². The monoisotopic (exact) mass is 474 g/mol. The standard InChI is InChI=1S/C27H26N2O4S/c1-3-22(19-13-7-5-8-14-19)29-27(30)24-21-17-11-12-18-23(21)28-25(20-15-9-6-10-16-20)26(24)33-34(31,32)4-2/h5-18,22H,3-4H2,1-2H3,(H,29,30)/t22-/m0/s1. The molecule has 0 aliphatic carbocycles. The fraction of sp³-hybridized carbons (Fsp3) is 0.185. The van der Waals surface area contributed by atoms with Crippen molar-refractivity contribution in [3.8, 4) is 17.0 Å². The molecule has 34 heavy (non-hydrogen) atoms. The molecule has 0 saturated carbocycles. The molecule has 3 aromatic carbocycles. The van der Waals surface area contributed by atoms with Crippen molar-refractivity contribution >= 4 is 26.9 Å². The topological polar surface area (TPSA) is 85.4 Å². The third kappa shape index (κ3) is 4.94. The molecular weight excluding hydrogens is 448 g/mol. The van der Waals surface area contributed by atoms with Crippen molar-refractivity contribution in [1.82, 2.24) is 10.3 Å². The van der Waals surface area contributed by atoms with Crippen molar-refractivity contribution in [2.45, 2.75) is 26.3 Å². The third-order valence-electron chi connectivity index (χ3n) is 5.60. The molecule has 1 heterocycles. The van der Waals surface area contributed by atoms with Gasteiger partial charge in [0, 0.05) is 10.9 Å². The Morgan fingerprint density at radius 1 is 0.912 bits per heavy atom. The lowest BCUT2D eigenvalue weighted by Crippen LogP contribution is -2.29. The van der Waals surface area contributed by atoms with E-state index in [1.54, 1.807) is 18.2 Å². The molecule has 1 aromatic heterocycles. The minimum atomic E-state index is -3.93. The Bertz CT molecular complexity index is 1410. The van der Waals surface area contributed by atoms with E-state index in [4.69, 9.17) is 9.17 Å². The highest BCUT2D eigenvalue weighted by molar-refractivity contribution is 7.87. The number of nitrogens with one attached hydrogen (secondary N) is 1. The van der Waals surface area contributed by atoms with Gasteiger partial charge >= 0.3 is 10.1 Å². The van der Waals surface area contributed by atoms with Crippen LogP contribution in [0.4, 0.5) is 0 Å². The number of aromatic nitrogens is 1. The number of rotatable bonds is 8. The number of carbonyl (C=O) groups excluding carboxylic acids is 1. The van der Waals surface area contributed by atoms with Gasteiger partial charge in [-0.15, -0.1) is 0 Å². The molecule has 1 N–H and O–H groups in total. The maximum absolute atomic E-state index is 13.8. The molecule has 0 bridgehead atoms. The summed E-state index contributed by atoms with van der Waals surface area (Å²) in [6, 6.07) is 25.7. The van der Waals surface area contributed by atoms with E-state index in [1.807, 2.05) is 73.7 Å². The summed E-state index contributed by atoms with van der Waals surface area (Å²) >= 11 is 0. The smallest absolute Gasteiger partial charge is 0.308 e. The van der Waals surface area contributed by atoms with Gasteiger partial charge in [-0.05, 0) is 25.0 Å². The molecular formula is C27H26N2O4S. The minimum absolute atomic E-state index is 0.0628. The molecule has 0 radical (unpaired) electrons. The highest BCUT2D eigenvalue weighted by atomic mass is 32.2. The van der Waals surface area contributed by atoms with Gasteiger partial charge in [0.25, 0.3) is 5.91 Å². The van der Waals surface area contributed by atoms with Crippen LogP contribution in [-0.4, -0.2) is 25.1 Å². The van der Waals surface area contributed by atoms with Gasteiger partial charge < -0.3 is 9.50 Å². The van der Waals surface area contributed by atoms with Gasteiger partial charge in [0.2, 0.25) is 0 Å². The van der Waals surface area contributed by atoms with Crippen LogP contribution in [0.3, 0.4) is 0 Å². The van der Waals surface area contributed by atoms with Crippen LogP contribution in [0.15, 0.2) is 84.9 Å². The Hall–Kier alpha value is -3.71. The van der Waals surface area contributed by atoms with Crippen LogP contribution in [0.25, 0.3) is 22.2 Å². The summed E-state index contributed by atoms with van der Waals surface area (Å²) < 4.78 is 30.7. The number of hydrogen-bond acceptors (Lipinski definition) is 5. The summed E-state index contributed by atoms with van der Waals surface area (Å²) in [5, 5.41) is 3.59. The van der Waals surface area contributed by atoms with Crippen LogP contribution in [-0.2, 0) is 10.1 Å². The Morgan fingerprint density at radius 2 is 1.53 bits per heavy atom. The van der Waals surface area contributed by atoms with E-state index in [1.165, 1.54) is 6.92 Å². The lowest BCUT2D eigenvalue weighted by Gasteiger charge is -2.21. The molecule has 0 aliphatic heterocycles. The molecule has 6 nitrogen and oxygen atoms in total. The van der Waals surface area contributed by atoms with Crippen molar-refractivity contribution in [2.24, 2.45) is 0 Å². The zero-order valence-corrected chi connectivity index (χ0v) is 19.9. The number of nitrogens with zero attached hydrogens (tertiary/aromatic N) is 1. The summed E-state index contributed by atoms with van der Waals surface area (Å²) in [7, 11) is -3.93. The SMILES string of the molecule is CC[C@H](NC(=O)c1c(OS(=O)(=O)CC)c(-c2ccccc2)nc2ccccc12)c1ccccc1. The third-order valence-corrected chi connectivity index (χ3v) is 6.73. The zero-order valence-electron chi connectivity index (χ0n) is 19.1. The first kappa shape index (κ1) is 23.4. The Labute approximate surface area is 199 Å². The number of carbonyl (C=O) groups is 1. The van der Waals surface area contributed by atoms with Crippen LogP contribution in [0.1, 0.15) is 42.2 Å². The summed E-state index contributed by atoms with van der Waals surface area (Å²) in [5.74, 6) is -0.726. The molecule has 0 aliphatic rings. The normalized spacial score (nSPS) is 12.3. The van der Waals surface area contributed by atoms with Crippen molar-refractivity contribution in [3.05, 3.63) is 96.1 Å². The lowest BCUT2D eigenvalue weighted by molar-refractivity contribution is 0.0935. The van der Waals surface area contributed by atoms with Crippen molar-refractivity contribution in [1.29, 1.82) is 0 Å². The van der Waals surface area contributed by atoms with Gasteiger partial charge in [-0.3, -0.25) is 4.79 Å². The molecule has 1 amide bonds. The van der Waals surface area contributed by atoms with Crippen molar-refractivity contribution < 1.29 is 17.4 Å². The highest BCUT2D eigenvalue weighted by Gasteiger charge is 2.27. The molecule has 0 spiro atoms. The van der Waals surface area contributed by atoms with Crippen LogP contribution < -0.4 is 9.50 Å². The van der Waals surface area contributed by atoms with Gasteiger partial charge in [0.05, 0.1) is 22.9 Å². The number of amides is 1. The van der Waals surface area contributed by atoms with E-state index in [2.05, 4.69) is 5.32 Å². The first-order chi connectivity index (χ1) is 16.4. The van der Waals surface area contributed by atoms with Gasteiger partial charge in [-0.2, -0.15) is 8.42 Å². The summed E-state index contributed by atoms with van der Waals surface area (Å²) in [6.07, 6.45) is 0.660. The van der Waals surface area contributed by atoms with Crippen LogP contribution in [0, 0.1) is 0 Å². The molecule has 4 aromatic rings. The molecule has 0 unspecified atom stereocenters. The first-order valence-electron chi connectivity index (χ1n) is 11.2. The second-order valence-electron chi connectivity index (χ2n) is 7.82. The van der Waals surface area contributed by atoms with E-state index >= 15 is 0 Å². The van der Waals surface area contributed by atoms with Gasteiger partial charge in [-0.25, -0.2) is 4.98 Å². The van der Waals surface area contributed by atoms with E-state index in [-0.39, 0.29) is 23.1 Å². The maximum atomic E-state index is 13.8. The van der Waals surface area contributed by atoms with E-state index in [0.29, 0.717) is 28.6 Å². The van der Waals surface area contributed by atoms with Crippen molar-refractivity contribution in [2.75, 3.05) is 5.75 Å². The Kier molecular flexibility index (Phi) is 6.93. The van der Waals surface area contributed by atoms with Crippen LogP contribution in [0.5, 0.6) is 5.75 Å². The maximum Gasteiger partial charge on any atom is 0.308 e. The summed E-state index contributed by atoms with van der Waals surface area (Å²) in [5.41, 5.74) is 2.63. The minimum Gasteiger partial charge on any atom is -0.379 e. The largest absolute Gasteiger partial charge is 0.379 e. The average Bonchev–Trinajstić information content (AvgIpc) is 2.87. The fourth-order valence-corrected chi connectivity index (χ4v) is 4.35. The number of hydrogen-bond donors (Lipinski definition) is 1. The second kappa shape index (κ2) is 10.1. The molecule has 4 rings (SSSR count). The molecule has 174 valence electrons. The average molecular weight is 475 g/mol. The van der Waals surface area contributed by atoms with E-state index in [9.17, 15) is 13.2 Å². The Balaban J connectivity index is 1.94. The fourth-order valence-electron chi connectivity index (χ4n) is 3.82. The van der Waals surface area contributed by atoms with E-state index in [0.717, 1.165) is 5.56 Å². The van der Waals surface area contributed by atoms with E-state index < -0.39 is 16.0 Å². The summed E-state index contributed by atoms with van der Waals surface area (Å²) in [6.45, 7) is 3.48. The predicted octanol–water partition coefficient (Wildman–Crippen LogP) is 5.51. The molecule has 0 fully saturated rings. The van der Waals surface area contributed by atoms with Gasteiger partial charge in [0.1, 0.15) is 5.69 Å². The number of benzene rings is 3. The molecule has 0 saturated heterocycles. The Morgan fingerprint density at radius 3 is 2.18 bits per heavy atom. The highest BCUT2D eigenvalue weighted by Crippen LogP contribution is 2.37. The van der Waals surface area contributed by atoms with Crippen LogP contribution >= 0.6 is 0 Å². The lowest BCUT2D eigenvalue weighted by atomic mass is 10.00. The molecule has 7 heteroatoms. The quantitative estimate of drug-likeness (QED) is 0.340. The first-order valence-corrected chi connectivity index (χ1v) is 12.8. The van der Waals surface area contributed by atoms with Crippen LogP contribution in [0.2, 0.25) is 0 Å². The number of fused-ring (bicyclic) bond motifs is 1. The number of para-hydroxylation sites is 1. The van der Waals surface area contributed by atoms with Gasteiger partial charge in [-0.1, -0.05) is 85.8 Å². The summed E-state index contributed by atoms with van der Waals surface area (Å²) in [4.78, 5) is 18.5.